The van der Waals surface area contributed by atoms with Crippen LogP contribution in [0.2, 0.25) is 0 Å². The lowest BCUT2D eigenvalue weighted by Gasteiger charge is -2.19. The van der Waals surface area contributed by atoms with Gasteiger partial charge in [-0.3, -0.25) is 9.59 Å². The summed E-state index contributed by atoms with van der Waals surface area (Å²) < 4.78 is 5.06. The Balaban J connectivity index is 1.90. The molecule has 0 atom stereocenters. The van der Waals surface area contributed by atoms with Gasteiger partial charge in [-0.1, -0.05) is 39.8 Å². The Morgan fingerprint density at radius 3 is 2.30 bits per heavy atom. The number of amides is 2. The fourth-order valence-electron chi connectivity index (χ4n) is 2.77. The van der Waals surface area contributed by atoms with E-state index in [1.807, 2.05) is 19.1 Å². The summed E-state index contributed by atoms with van der Waals surface area (Å²) in [6, 6.07) is 9.22. The normalized spacial score (nSPS) is 11.1. The number of benzene rings is 1. The third kappa shape index (κ3) is 6.42. The van der Waals surface area contributed by atoms with Gasteiger partial charge in [0.1, 0.15) is 5.00 Å². The molecule has 7 heteroatoms. The molecule has 0 unspecified atom stereocenters. The monoisotopic (exact) mass is 430 g/mol. The van der Waals surface area contributed by atoms with Crippen molar-refractivity contribution in [3.63, 3.8) is 0 Å². The number of hydrogen-bond acceptors (Lipinski definition) is 5. The molecular weight excluding hydrogens is 400 g/mol. The van der Waals surface area contributed by atoms with Crippen LogP contribution in [0, 0.1) is 0 Å². The summed E-state index contributed by atoms with van der Waals surface area (Å²) in [6.07, 6.45) is 0.866. The first-order valence-corrected chi connectivity index (χ1v) is 11.0. The number of aryl methyl sites for hydroxylation is 1. The lowest BCUT2D eigenvalue weighted by atomic mass is 9.87. The van der Waals surface area contributed by atoms with Crippen LogP contribution in [-0.2, 0) is 21.4 Å². The predicted molar refractivity (Wildman–Crippen MR) is 120 cm³/mol. The first-order chi connectivity index (χ1) is 14.2. The third-order valence-electron chi connectivity index (χ3n) is 4.53. The minimum Gasteiger partial charge on any atom is -0.462 e. The molecule has 0 fully saturated rings. The summed E-state index contributed by atoms with van der Waals surface area (Å²) in [5, 5.41) is 6.02. The van der Waals surface area contributed by atoms with Crippen LogP contribution in [0.5, 0.6) is 0 Å². The lowest BCUT2D eigenvalue weighted by molar-refractivity contribution is -0.116. The third-order valence-corrected chi connectivity index (χ3v) is 5.73. The van der Waals surface area contributed by atoms with Crippen molar-refractivity contribution in [3.8, 4) is 0 Å². The van der Waals surface area contributed by atoms with Gasteiger partial charge in [0.25, 0.3) is 5.91 Å². The average Bonchev–Trinajstić information content (AvgIpc) is 3.10. The fourth-order valence-corrected chi connectivity index (χ4v) is 3.77. The van der Waals surface area contributed by atoms with E-state index >= 15 is 0 Å². The molecule has 2 rings (SSSR count). The summed E-state index contributed by atoms with van der Waals surface area (Å²) in [5.41, 5.74) is 2.10. The number of thiophene rings is 1. The minimum atomic E-state index is -0.448. The van der Waals surface area contributed by atoms with Gasteiger partial charge in [0, 0.05) is 23.4 Å². The zero-order valence-electron chi connectivity index (χ0n) is 18.3. The lowest BCUT2D eigenvalue weighted by Crippen LogP contribution is -2.27. The molecule has 0 aliphatic heterocycles. The van der Waals surface area contributed by atoms with E-state index in [0.29, 0.717) is 16.1 Å². The van der Waals surface area contributed by atoms with E-state index in [0.717, 1.165) is 16.9 Å². The molecule has 0 bridgehead atoms. The molecular formula is C23H30N2O4S. The zero-order valence-corrected chi connectivity index (χ0v) is 19.1. The first-order valence-electron chi connectivity index (χ1n) is 10.1. The van der Waals surface area contributed by atoms with E-state index < -0.39 is 5.97 Å². The van der Waals surface area contributed by atoms with Gasteiger partial charge in [0.15, 0.2) is 0 Å². The van der Waals surface area contributed by atoms with Crippen LogP contribution >= 0.6 is 11.3 Å². The second kappa shape index (κ2) is 10.4. The molecule has 0 saturated heterocycles. The molecule has 0 aliphatic carbocycles. The van der Waals surface area contributed by atoms with Crippen molar-refractivity contribution >= 4 is 34.1 Å². The van der Waals surface area contributed by atoms with Gasteiger partial charge in [0.05, 0.1) is 12.2 Å². The highest BCUT2D eigenvalue weighted by atomic mass is 32.1. The Hall–Kier alpha value is -2.67. The van der Waals surface area contributed by atoms with Crippen molar-refractivity contribution in [2.75, 3.05) is 18.5 Å². The van der Waals surface area contributed by atoms with Crippen LogP contribution < -0.4 is 10.6 Å². The molecule has 162 valence electrons. The summed E-state index contributed by atoms with van der Waals surface area (Å²) in [7, 11) is 0. The molecule has 1 heterocycles. The highest BCUT2D eigenvalue weighted by Gasteiger charge is 2.19. The molecule has 0 aliphatic rings. The minimum absolute atomic E-state index is 0.0228. The van der Waals surface area contributed by atoms with Crippen molar-refractivity contribution < 1.29 is 19.1 Å². The van der Waals surface area contributed by atoms with Gasteiger partial charge in [-0.2, -0.15) is 0 Å². The van der Waals surface area contributed by atoms with Crippen molar-refractivity contribution in [2.45, 2.75) is 52.9 Å². The topological polar surface area (TPSA) is 84.5 Å². The Morgan fingerprint density at radius 1 is 1.07 bits per heavy atom. The summed E-state index contributed by atoms with van der Waals surface area (Å²) in [4.78, 5) is 37.7. The SMILES string of the molecule is CCOC(=O)c1cc(CC)sc1NC(=O)CCNC(=O)c1ccc(C(C)(C)C)cc1. The Labute approximate surface area is 182 Å². The molecule has 2 aromatic rings. The maximum atomic E-state index is 12.3. The van der Waals surface area contributed by atoms with Crippen LogP contribution in [-0.4, -0.2) is 30.9 Å². The van der Waals surface area contributed by atoms with E-state index in [4.69, 9.17) is 4.74 Å². The molecule has 30 heavy (non-hydrogen) atoms. The van der Waals surface area contributed by atoms with Crippen LogP contribution in [0.4, 0.5) is 5.00 Å². The summed E-state index contributed by atoms with van der Waals surface area (Å²) in [6.45, 7) is 10.5. The summed E-state index contributed by atoms with van der Waals surface area (Å²) in [5.74, 6) is -0.941. The standard InChI is InChI=1S/C23H30N2O4S/c1-6-17-14-18(22(28)29-7-2)21(30-17)25-19(26)12-13-24-20(27)15-8-10-16(11-9-15)23(3,4)5/h8-11,14H,6-7,12-13H2,1-5H3,(H,24,27)(H,25,26). The Kier molecular flexibility index (Phi) is 8.17. The number of anilines is 1. The molecule has 2 N–H and O–H groups in total. The number of hydrogen-bond donors (Lipinski definition) is 2. The van der Waals surface area contributed by atoms with Crippen molar-refractivity contribution in [1.82, 2.24) is 5.32 Å². The van der Waals surface area contributed by atoms with Gasteiger partial charge >= 0.3 is 5.97 Å². The van der Waals surface area contributed by atoms with Gasteiger partial charge in [0.2, 0.25) is 5.91 Å². The van der Waals surface area contributed by atoms with Gasteiger partial charge < -0.3 is 15.4 Å². The van der Waals surface area contributed by atoms with Crippen molar-refractivity contribution in [2.24, 2.45) is 0 Å². The van der Waals surface area contributed by atoms with Crippen LogP contribution in [0.25, 0.3) is 0 Å². The number of ether oxygens (including phenoxy) is 1. The number of rotatable bonds is 8. The van der Waals surface area contributed by atoms with Crippen LogP contribution in [0.15, 0.2) is 30.3 Å². The van der Waals surface area contributed by atoms with E-state index in [-0.39, 0.29) is 36.8 Å². The second-order valence-electron chi connectivity index (χ2n) is 7.91. The Morgan fingerprint density at radius 2 is 1.73 bits per heavy atom. The van der Waals surface area contributed by atoms with E-state index in [9.17, 15) is 14.4 Å². The second-order valence-corrected chi connectivity index (χ2v) is 9.05. The summed E-state index contributed by atoms with van der Waals surface area (Å²) >= 11 is 1.36. The number of esters is 1. The average molecular weight is 431 g/mol. The largest absolute Gasteiger partial charge is 0.462 e. The van der Waals surface area contributed by atoms with E-state index in [2.05, 4.69) is 31.4 Å². The Bertz CT molecular complexity index is 895. The highest BCUT2D eigenvalue weighted by molar-refractivity contribution is 7.16. The molecule has 6 nitrogen and oxygen atoms in total. The van der Waals surface area contributed by atoms with Crippen LogP contribution in [0.3, 0.4) is 0 Å². The number of nitrogens with one attached hydrogen (secondary N) is 2. The molecule has 0 saturated carbocycles. The molecule has 1 aromatic carbocycles. The number of carbonyl (C=O) groups excluding carboxylic acids is 3. The fraction of sp³-hybridized carbons (Fsp3) is 0.435. The zero-order chi connectivity index (χ0) is 22.3. The van der Waals surface area contributed by atoms with E-state index in [1.165, 1.54) is 11.3 Å². The smallest absolute Gasteiger partial charge is 0.341 e. The predicted octanol–water partition coefficient (Wildman–Crippen LogP) is 4.54. The quantitative estimate of drug-likeness (QED) is 0.602. The molecule has 0 spiro atoms. The molecule has 0 radical (unpaired) electrons. The van der Waals surface area contributed by atoms with Gasteiger partial charge in [-0.25, -0.2) is 4.79 Å². The molecule has 2 amide bonds. The maximum Gasteiger partial charge on any atom is 0.341 e. The molecule has 1 aromatic heterocycles. The number of carbonyl (C=O) groups is 3. The van der Waals surface area contributed by atoms with Gasteiger partial charge in [-0.15, -0.1) is 11.3 Å². The first kappa shape index (κ1) is 23.6. The van der Waals surface area contributed by atoms with E-state index in [1.54, 1.807) is 25.1 Å². The maximum absolute atomic E-state index is 12.3. The van der Waals surface area contributed by atoms with Gasteiger partial charge in [-0.05, 0) is 42.5 Å². The van der Waals surface area contributed by atoms with Crippen molar-refractivity contribution in [1.29, 1.82) is 0 Å². The highest BCUT2D eigenvalue weighted by Crippen LogP contribution is 2.29. The van der Waals surface area contributed by atoms with Crippen LogP contribution in [0.1, 0.15) is 72.2 Å². The van der Waals surface area contributed by atoms with Crippen molar-refractivity contribution in [3.05, 3.63) is 51.9 Å².